The minimum Gasteiger partial charge on any atom is -0.304 e. The predicted octanol–water partition coefficient (Wildman–Crippen LogP) is 1.44. The minimum absolute atomic E-state index is 0.307. The van der Waals surface area contributed by atoms with Crippen molar-refractivity contribution >= 4 is 0 Å². The molecule has 0 bridgehead atoms. The van der Waals surface area contributed by atoms with Crippen molar-refractivity contribution in [1.29, 1.82) is 0 Å². The van der Waals surface area contributed by atoms with Gasteiger partial charge in [0.15, 0.2) is 0 Å². The monoisotopic (exact) mass is 221 g/mol. The van der Waals surface area contributed by atoms with Gasteiger partial charge >= 0.3 is 0 Å². The molecule has 2 N–H and O–H groups in total. The van der Waals surface area contributed by atoms with Gasteiger partial charge in [-0.05, 0) is 30.2 Å². The molecule has 4 nitrogen and oxygen atoms in total. The van der Waals surface area contributed by atoms with E-state index in [0.29, 0.717) is 18.7 Å². The van der Waals surface area contributed by atoms with E-state index in [1.165, 1.54) is 10.7 Å². The van der Waals surface area contributed by atoms with Crippen LogP contribution in [-0.4, -0.2) is 16.4 Å². The van der Waals surface area contributed by atoms with Gasteiger partial charge < -0.3 is 4.84 Å². The number of rotatable bonds is 4. The largest absolute Gasteiger partial charge is 0.304 e. The fourth-order valence-corrected chi connectivity index (χ4v) is 1.48. The Morgan fingerprint density at radius 1 is 1.44 bits per heavy atom. The van der Waals surface area contributed by atoms with Crippen molar-refractivity contribution in [1.82, 2.24) is 9.78 Å². The van der Waals surface area contributed by atoms with Gasteiger partial charge in [0.05, 0.1) is 6.61 Å². The van der Waals surface area contributed by atoms with Crippen LogP contribution in [0.2, 0.25) is 0 Å². The van der Waals surface area contributed by atoms with Crippen LogP contribution < -0.4 is 5.90 Å². The summed E-state index contributed by atoms with van der Waals surface area (Å²) < 4.78 is 15.2. The zero-order valence-electron chi connectivity index (χ0n) is 8.64. The molecule has 1 heterocycles. The Bertz CT molecular complexity index is 456. The highest BCUT2D eigenvalue weighted by Gasteiger charge is 2.05. The molecule has 1 aromatic heterocycles. The number of aromatic nitrogens is 2. The average Bonchev–Trinajstić information content (AvgIpc) is 2.80. The molecule has 0 aliphatic carbocycles. The topological polar surface area (TPSA) is 53.1 Å². The van der Waals surface area contributed by atoms with Crippen molar-refractivity contribution in [3.05, 3.63) is 48.0 Å². The van der Waals surface area contributed by atoms with Gasteiger partial charge in [-0.25, -0.2) is 15.0 Å². The fraction of sp³-hybridized carbons (Fsp3) is 0.182. The van der Waals surface area contributed by atoms with Gasteiger partial charge in [-0.1, -0.05) is 6.07 Å². The summed E-state index contributed by atoms with van der Waals surface area (Å²) in [5.41, 5.74) is 1.28. The van der Waals surface area contributed by atoms with E-state index in [1.807, 2.05) is 6.07 Å². The van der Waals surface area contributed by atoms with Crippen molar-refractivity contribution in [2.75, 3.05) is 6.61 Å². The van der Waals surface area contributed by atoms with E-state index in [4.69, 9.17) is 5.90 Å². The third-order valence-electron chi connectivity index (χ3n) is 2.27. The lowest BCUT2D eigenvalue weighted by Crippen LogP contribution is -2.05. The first kappa shape index (κ1) is 10.8. The molecular formula is C11H12FN3O. The lowest BCUT2D eigenvalue weighted by molar-refractivity contribution is 0.141. The molecule has 0 aliphatic rings. The highest BCUT2D eigenvalue weighted by molar-refractivity contribution is 5.35. The fourth-order valence-electron chi connectivity index (χ4n) is 1.48. The van der Waals surface area contributed by atoms with Crippen LogP contribution >= 0.6 is 0 Å². The number of benzene rings is 1. The van der Waals surface area contributed by atoms with Crippen LogP contribution in [0.5, 0.6) is 0 Å². The van der Waals surface area contributed by atoms with E-state index >= 15 is 0 Å². The zero-order valence-corrected chi connectivity index (χ0v) is 8.64. The Hall–Kier alpha value is -1.72. The molecule has 16 heavy (non-hydrogen) atoms. The Labute approximate surface area is 92.4 Å². The molecule has 0 unspecified atom stereocenters. The maximum atomic E-state index is 13.7. The summed E-state index contributed by atoms with van der Waals surface area (Å²) in [4.78, 5) is 4.45. The molecule has 0 spiro atoms. The Morgan fingerprint density at radius 3 is 2.94 bits per heavy atom. The SMILES string of the molecule is NOCCc1ccc(-n2cccn2)c(F)c1. The standard InChI is InChI=1S/C11H12FN3O/c12-10-8-9(4-7-16-13)2-3-11(10)15-6-1-5-14-15/h1-3,5-6,8H,4,7,13H2. The van der Waals surface area contributed by atoms with Crippen LogP contribution in [0.4, 0.5) is 4.39 Å². The smallest absolute Gasteiger partial charge is 0.149 e. The molecule has 0 saturated carbocycles. The lowest BCUT2D eigenvalue weighted by Gasteiger charge is -2.05. The Balaban J connectivity index is 2.23. The second-order valence-electron chi connectivity index (χ2n) is 3.36. The summed E-state index contributed by atoms with van der Waals surface area (Å²) in [5.74, 6) is 4.61. The maximum Gasteiger partial charge on any atom is 0.149 e. The highest BCUT2D eigenvalue weighted by atomic mass is 19.1. The lowest BCUT2D eigenvalue weighted by atomic mass is 10.1. The van der Waals surface area contributed by atoms with E-state index in [9.17, 15) is 4.39 Å². The van der Waals surface area contributed by atoms with Crippen molar-refractivity contribution in [2.24, 2.45) is 5.90 Å². The molecule has 0 atom stereocenters. The van der Waals surface area contributed by atoms with Gasteiger partial charge in [0.2, 0.25) is 0 Å². The van der Waals surface area contributed by atoms with Crippen molar-refractivity contribution in [2.45, 2.75) is 6.42 Å². The summed E-state index contributed by atoms with van der Waals surface area (Å²) in [6.07, 6.45) is 3.89. The quantitative estimate of drug-likeness (QED) is 0.795. The summed E-state index contributed by atoms with van der Waals surface area (Å²) in [5, 5.41) is 3.97. The number of hydrogen-bond donors (Lipinski definition) is 1. The second kappa shape index (κ2) is 4.87. The molecule has 1 aromatic carbocycles. The molecule has 2 aromatic rings. The Kier molecular flexibility index (Phi) is 3.28. The summed E-state index contributed by atoms with van der Waals surface area (Å²) in [6.45, 7) is 0.376. The Morgan fingerprint density at radius 2 is 2.31 bits per heavy atom. The van der Waals surface area contributed by atoms with Gasteiger partial charge in [-0.2, -0.15) is 5.10 Å². The minimum atomic E-state index is -0.307. The van der Waals surface area contributed by atoms with E-state index in [2.05, 4.69) is 9.94 Å². The molecule has 2 rings (SSSR count). The van der Waals surface area contributed by atoms with E-state index in [-0.39, 0.29) is 5.82 Å². The maximum absolute atomic E-state index is 13.7. The van der Waals surface area contributed by atoms with Gasteiger partial charge in [-0.15, -0.1) is 0 Å². The molecule has 5 heteroatoms. The summed E-state index contributed by atoms with van der Waals surface area (Å²) in [6, 6.07) is 6.74. The van der Waals surface area contributed by atoms with Gasteiger partial charge in [0, 0.05) is 12.4 Å². The molecule has 0 amide bonds. The zero-order chi connectivity index (χ0) is 11.4. The molecule has 0 aliphatic heterocycles. The van der Waals surface area contributed by atoms with Gasteiger partial charge in [0.25, 0.3) is 0 Å². The van der Waals surface area contributed by atoms with Crippen molar-refractivity contribution < 1.29 is 9.23 Å². The number of nitrogens with two attached hydrogens (primary N) is 1. The third kappa shape index (κ3) is 2.26. The van der Waals surface area contributed by atoms with Gasteiger partial charge in [0.1, 0.15) is 11.5 Å². The molecule has 0 saturated heterocycles. The van der Waals surface area contributed by atoms with Crippen LogP contribution in [0.1, 0.15) is 5.56 Å². The van der Waals surface area contributed by atoms with Crippen LogP contribution in [0.25, 0.3) is 5.69 Å². The van der Waals surface area contributed by atoms with E-state index in [1.54, 1.807) is 24.5 Å². The highest BCUT2D eigenvalue weighted by Crippen LogP contribution is 2.14. The van der Waals surface area contributed by atoms with Crippen LogP contribution in [-0.2, 0) is 11.3 Å². The number of halogens is 1. The average molecular weight is 221 g/mol. The van der Waals surface area contributed by atoms with Crippen LogP contribution in [0.15, 0.2) is 36.7 Å². The number of hydrogen-bond acceptors (Lipinski definition) is 3. The molecule has 0 fully saturated rings. The molecular weight excluding hydrogens is 209 g/mol. The number of nitrogens with zero attached hydrogens (tertiary/aromatic N) is 2. The molecule has 84 valence electrons. The summed E-state index contributed by atoms with van der Waals surface area (Å²) in [7, 11) is 0. The van der Waals surface area contributed by atoms with Crippen molar-refractivity contribution in [3.63, 3.8) is 0 Å². The van der Waals surface area contributed by atoms with Crippen LogP contribution in [0, 0.1) is 5.82 Å². The van der Waals surface area contributed by atoms with Crippen molar-refractivity contribution in [3.8, 4) is 5.69 Å². The van der Waals surface area contributed by atoms with E-state index < -0.39 is 0 Å². The first-order valence-electron chi connectivity index (χ1n) is 4.91. The second-order valence-corrected chi connectivity index (χ2v) is 3.36. The van der Waals surface area contributed by atoms with Crippen LogP contribution in [0.3, 0.4) is 0 Å². The normalized spacial score (nSPS) is 10.6. The van der Waals surface area contributed by atoms with Gasteiger partial charge in [-0.3, -0.25) is 0 Å². The first-order chi connectivity index (χ1) is 7.81. The van der Waals surface area contributed by atoms with E-state index in [0.717, 1.165) is 5.56 Å². The third-order valence-corrected chi connectivity index (χ3v) is 2.27. The first-order valence-corrected chi connectivity index (χ1v) is 4.91. The predicted molar refractivity (Wildman–Crippen MR) is 57.4 cm³/mol. The molecule has 0 radical (unpaired) electrons. The summed E-state index contributed by atoms with van der Waals surface area (Å²) >= 11 is 0.